The molecule has 0 aromatic carbocycles. The van der Waals surface area contributed by atoms with Gasteiger partial charge in [-0.1, -0.05) is 6.07 Å². The summed E-state index contributed by atoms with van der Waals surface area (Å²) in [5.74, 6) is -0.0303. The van der Waals surface area contributed by atoms with Crippen LogP contribution >= 0.6 is 11.3 Å². The molecular weight excluding hydrogens is 302 g/mol. The van der Waals surface area contributed by atoms with E-state index in [1.54, 1.807) is 11.3 Å². The molecule has 1 atom stereocenters. The van der Waals surface area contributed by atoms with Gasteiger partial charge in [-0.2, -0.15) is 0 Å². The summed E-state index contributed by atoms with van der Waals surface area (Å²) in [7, 11) is 0. The Morgan fingerprint density at radius 1 is 1.50 bits per heavy atom. The van der Waals surface area contributed by atoms with Gasteiger partial charge in [-0.15, -0.1) is 11.3 Å². The number of rotatable bonds is 8. The third-order valence-electron chi connectivity index (χ3n) is 3.97. The van der Waals surface area contributed by atoms with Gasteiger partial charge in [-0.25, -0.2) is 0 Å². The number of carbonyl (C=O) groups excluding carboxylic acids is 1. The summed E-state index contributed by atoms with van der Waals surface area (Å²) in [4.78, 5) is 14.2. The van der Waals surface area contributed by atoms with Crippen LogP contribution in [0.2, 0.25) is 0 Å². The van der Waals surface area contributed by atoms with E-state index >= 15 is 0 Å². The molecule has 1 fully saturated rings. The molecule has 2 heterocycles. The summed E-state index contributed by atoms with van der Waals surface area (Å²) in [6.45, 7) is 5.71. The lowest BCUT2D eigenvalue weighted by atomic mass is 9.97. The van der Waals surface area contributed by atoms with Crippen LogP contribution in [0.25, 0.3) is 0 Å². The quantitative estimate of drug-likeness (QED) is 0.682. The van der Waals surface area contributed by atoms with E-state index in [0.717, 1.165) is 25.9 Å². The average Bonchev–Trinajstić information content (AvgIpc) is 3.01. The van der Waals surface area contributed by atoms with Gasteiger partial charge in [0.05, 0.1) is 38.8 Å². The maximum atomic E-state index is 11.7. The number of hydrogen-bond acceptors (Lipinski definition) is 5. The summed E-state index contributed by atoms with van der Waals surface area (Å²) in [5, 5.41) is 12.1. The summed E-state index contributed by atoms with van der Waals surface area (Å²) in [6.07, 6.45) is 1.24. The lowest BCUT2D eigenvalue weighted by molar-refractivity contribution is -0.908. The molecule has 2 N–H and O–H groups in total. The van der Waals surface area contributed by atoms with Crippen molar-refractivity contribution in [2.45, 2.75) is 32.5 Å². The smallest absolute Gasteiger partial charge is 0.309 e. The SMILES string of the molecule is CCOC(=O)C1CC[NH+](C[C@@H](O)COCc2cccs2)CC1. The maximum absolute atomic E-state index is 11.7. The fourth-order valence-electron chi connectivity index (χ4n) is 2.81. The van der Waals surface area contributed by atoms with Crippen LogP contribution < -0.4 is 4.90 Å². The second-order valence-corrected chi connectivity index (χ2v) is 6.76. The van der Waals surface area contributed by atoms with Crippen molar-refractivity contribution in [3.05, 3.63) is 22.4 Å². The number of carbonyl (C=O) groups is 1. The number of piperidine rings is 1. The van der Waals surface area contributed by atoms with E-state index in [2.05, 4.69) is 0 Å². The number of quaternary nitrogens is 1. The van der Waals surface area contributed by atoms with Gasteiger partial charge < -0.3 is 19.5 Å². The van der Waals surface area contributed by atoms with E-state index < -0.39 is 6.10 Å². The molecule has 6 heteroatoms. The largest absolute Gasteiger partial charge is 0.466 e. The molecule has 1 saturated heterocycles. The first-order chi connectivity index (χ1) is 10.7. The number of esters is 1. The van der Waals surface area contributed by atoms with Crippen molar-refractivity contribution in [2.24, 2.45) is 5.92 Å². The van der Waals surface area contributed by atoms with Gasteiger partial charge in [0, 0.05) is 17.7 Å². The zero-order valence-corrected chi connectivity index (χ0v) is 13.9. The van der Waals surface area contributed by atoms with Gasteiger partial charge in [0.25, 0.3) is 0 Å². The molecule has 0 amide bonds. The predicted molar refractivity (Wildman–Crippen MR) is 84.9 cm³/mol. The van der Waals surface area contributed by atoms with Crippen molar-refractivity contribution < 1.29 is 24.3 Å². The molecule has 0 bridgehead atoms. The topological polar surface area (TPSA) is 60.2 Å². The van der Waals surface area contributed by atoms with Crippen molar-refractivity contribution in [1.29, 1.82) is 0 Å². The van der Waals surface area contributed by atoms with Crippen LogP contribution in [0.4, 0.5) is 0 Å². The Kier molecular flexibility index (Phi) is 7.32. The Bertz CT molecular complexity index is 429. The minimum atomic E-state index is -0.450. The number of likely N-dealkylation sites (tertiary alicyclic amines) is 1. The minimum absolute atomic E-state index is 0.0379. The fraction of sp³-hybridized carbons (Fsp3) is 0.688. The lowest BCUT2D eigenvalue weighted by Crippen LogP contribution is -3.14. The highest BCUT2D eigenvalue weighted by atomic mass is 32.1. The third-order valence-corrected chi connectivity index (χ3v) is 4.82. The van der Waals surface area contributed by atoms with Crippen LogP contribution in [-0.2, 0) is 20.9 Å². The van der Waals surface area contributed by atoms with Crippen LogP contribution in [0.1, 0.15) is 24.6 Å². The van der Waals surface area contributed by atoms with Crippen molar-refractivity contribution in [3.8, 4) is 0 Å². The zero-order valence-electron chi connectivity index (χ0n) is 13.1. The van der Waals surface area contributed by atoms with E-state index in [1.165, 1.54) is 9.78 Å². The van der Waals surface area contributed by atoms with E-state index in [0.29, 0.717) is 26.4 Å². The van der Waals surface area contributed by atoms with E-state index in [4.69, 9.17) is 9.47 Å². The summed E-state index contributed by atoms with van der Waals surface area (Å²) >= 11 is 1.66. The van der Waals surface area contributed by atoms with Gasteiger partial charge in [0.1, 0.15) is 12.6 Å². The molecule has 0 spiro atoms. The molecular formula is C16H26NO4S+. The highest BCUT2D eigenvalue weighted by Crippen LogP contribution is 2.12. The first-order valence-corrected chi connectivity index (χ1v) is 8.85. The molecule has 2 rings (SSSR count). The van der Waals surface area contributed by atoms with Crippen molar-refractivity contribution in [3.63, 3.8) is 0 Å². The van der Waals surface area contributed by atoms with Gasteiger partial charge in [-0.3, -0.25) is 4.79 Å². The number of aliphatic hydroxyl groups excluding tert-OH is 1. The van der Waals surface area contributed by atoms with E-state index in [9.17, 15) is 9.90 Å². The number of aliphatic hydroxyl groups is 1. The Morgan fingerprint density at radius 3 is 2.91 bits per heavy atom. The molecule has 22 heavy (non-hydrogen) atoms. The minimum Gasteiger partial charge on any atom is -0.466 e. The number of hydrogen-bond donors (Lipinski definition) is 2. The number of thiophene rings is 1. The molecule has 1 aromatic rings. The maximum Gasteiger partial charge on any atom is 0.309 e. The van der Waals surface area contributed by atoms with Gasteiger partial charge in [-0.05, 0) is 18.4 Å². The van der Waals surface area contributed by atoms with Crippen LogP contribution in [0, 0.1) is 5.92 Å². The van der Waals surface area contributed by atoms with Crippen molar-refractivity contribution >= 4 is 17.3 Å². The Balaban J connectivity index is 1.60. The second-order valence-electron chi connectivity index (χ2n) is 5.73. The summed E-state index contributed by atoms with van der Waals surface area (Å²) in [5.41, 5.74) is 0. The summed E-state index contributed by atoms with van der Waals surface area (Å²) in [6, 6.07) is 4.03. The number of ether oxygens (including phenoxy) is 2. The van der Waals surface area contributed by atoms with Gasteiger partial charge in [0.15, 0.2) is 0 Å². The highest BCUT2D eigenvalue weighted by molar-refractivity contribution is 7.09. The molecule has 0 aliphatic carbocycles. The Labute approximate surface area is 135 Å². The number of nitrogens with one attached hydrogen (secondary N) is 1. The van der Waals surface area contributed by atoms with Crippen LogP contribution in [0.5, 0.6) is 0 Å². The molecule has 1 aliphatic rings. The zero-order chi connectivity index (χ0) is 15.8. The van der Waals surface area contributed by atoms with Crippen molar-refractivity contribution in [2.75, 3.05) is 32.8 Å². The van der Waals surface area contributed by atoms with E-state index in [-0.39, 0.29) is 11.9 Å². The van der Waals surface area contributed by atoms with Crippen LogP contribution in [0.15, 0.2) is 17.5 Å². The molecule has 1 aromatic heterocycles. The monoisotopic (exact) mass is 328 g/mol. The molecule has 0 saturated carbocycles. The average molecular weight is 328 g/mol. The molecule has 5 nitrogen and oxygen atoms in total. The fourth-order valence-corrected chi connectivity index (χ4v) is 3.45. The van der Waals surface area contributed by atoms with Crippen LogP contribution in [-0.4, -0.2) is 50.0 Å². The lowest BCUT2D eigenvalue weighted by Gasteiger charge is -2.29. The third kappa shape index (κ3) is 5.68. The molecule has 0 radical (unpaired) electrons. The van der Waals surface area contributed by atoms with Crippen LogP contribution in [0.3, 0.4) is 0 Å². The second kappa shape index (κ2) is 9.25. The van der Waals surface area contributed by atoms with Gasteiger partial charge >= 0.3 is 5.97 Å². The summed E-state index contributed by atoms with van der Waals surface area (Å²) < 4.78 is 10.6. The van der Waals surface area contributed by atoms with Crippen molar-refractivity contribution in [1.82, 2.24) is 0 Å². The van der Waals surface area contributed by atoms with E-state index in [1.807, 2.05) is 24.4 Å². The Hall–Kier alpha value is -0.950. The molecule has 124 valence electrons. The Morgan fingerprint density at radius 2 is 2.27 bits per heavy atom. The first-order valence-electron chi connectivity index (χ1n) is 7.97. The first kappa shape index (κ1) is 17.4. The highest BCUT2D eigenvalue weighted by Gasteiger charge is 2.29. The molecule has 1 aliphatic heterocycles. The normalized spacial score (nSPS) is 23.2. The van der Waals surface area contributed by atoms with Gasteiger partial charge in [0.2, 0.25) is 0 Å². The standard InChI is InChI=1S/C16H25NO4S/c1-2-21-16(19)13-5-7-17(8-6-13)10-14(18)11-20-12-15-4-3-9-22-15/h3-4,9,13-14,18H,2,5-8,10-12H2,1H3/p+1/t14-/m1/s1. The molecule has 0 unspecified atom stereocenters. The predicted octanol–water partition coefficient (Wildman–Crippen LogP) is 0.484.